The van der Waals surface area contributed by atoms with Crippen LogP contribution in [-0.2, 0) is 4.74 Å². The van der Waals surface area contributed by atoms with Gasteiger partial charge in [-0.2, -0.15) is 0 Å². The Labute approximate surface area is 103 Å². The molecule has 0 bridgehead atoms. The second-order valence-electron chi connectivity index (χ2n) is 6.42. The largest absolute Gasteiger partial charge is 0.444 e. The Morgan fingerprint density at radius 1 is 1.47 bits per heavy atom. The summed E-state index contributed by atoms with van der Waals surface area (Å²) in [6.07, 6.45) is 4.01. The number of amides is 1. The van der Waals surface area contributed by atoms with E-state index in [2.05, 4.69) is 0 Å². The highest BCUT2D eigenvalue weighted by Gasteiger charge is 2.52. The minimum atomic E-state index is -0.445. The van der Waals surface area contributed by atoms with Gasteiger partial charge in [-0.3, -0.25) is 0 Å². The Bertz CT molecular complexity index is 304. The molecular weight excluding hydrogens is 218 g/mol. The number of hydrogen-bond donors (Lipinski definition) is 1. The van der Waals surface area contributed by atoms with Gasteiger partial charge in [0, 0.05) is 24.6 Å². The van der Waals surface area contributed by atoms with Crippen molar-refractivity contribution in [2.24, 2.45) is 5.92 Å². The van der Waals surface area contributed by atoms with Crippen LogP contribution in [0.25, 0.3) is 0 Å². The van der Waals surface area contributed by atoms with Crippen molar-refractivity contribution < 1.29 is 14.6 Å². The van der Waals surface area contributed by atoms with E-state index in [0.717, 1.165) is 19.3 Å². The van der Waals surface area contributed by atoms with Crippen LogP contribution in [0.4, 0.5) is 4.79 Å². The molecule has 2 rings (SSSR count). The predicted molar refractivity (Wildman–Crippen MR) is 64.7 cm³/mol. The topological polar surface area (TPSA) is 49.8 Å². The van der Waals surface area contributed by atoms with E-state index in [0.29, 0.717) is 6.54 Å². The Balaban J connectivity index is 2.06. The van der Waals surface area contributed by atoms with Crippen LogP contribution in [0.2, 0.25) is 0 Å². The van der Waals surface area contributed by atoms with Crippen molar-refractivity contribution in [2.45, 2.75) is 57.6 Å². The first-order chi connectivity index (χ1) is 7.86. The van der Waals surface area contributed by atoms with Crippen molar-refractivity contribution in [2.75, 3.05) is 13.2 Å². The van der Waals surface area contributed by atoms with Crippen LogP contribution >= 0.6 is 0 Å². The molecule has 1 N–H and O–H groups in total. The molecule has 2 fully saturated rings. The smallest absolute Gasteiger partial charge is 0.410 e. The minimum absolute atomic E-state index is 0.00424. The average Bonchev–Trinajstić information content (AvgIpc) is 2.53. The van der Waals surface area contributed by atoms with Gasteiger partial charge in [0.2, 0.25) is 0 Å². The SMILES string of the molecule is CC(C)(C)OC(=O)N1CC(CO)CC12CCC2. The molecule has 1 atom stereocenters. The third-order valence-electron chi connectivity index (χ3n) is 3.84. The third kappa shape index (κ3) is 2.41. The highest BCUT2D eigenvalue weighted by atomic mass is 16.6. The highest BCUT2D eigenvalue weighted by Crippen LogP contribution is 2.47. The van der Waals surface area contributed by atoms with Gasteiger partial charge in [-0.15, -0.1) is 0 Å². The maximum absolute atomic E-state index is 12.2. The van der Waals surface area contributed by atoms with Crippen LogP contribution in [0.1, 0.15) is 46.5 Å². The molecule has 98 valence electrons. The van der Waals surface area contributed by atoms with Gasteiger partial charge >= 0.3 is 6.09 Å². The zero-order chi connectivity index (χ0) is 12.7. The molecule has 1 saturated heterocycles. The second-order valence-corrected chi connectivity index (χ2v) is 6.42. The first kappa shape index (κ1) is 12.7. The third-order valence-corrected chi connectivity index (χ3v) is 3.84. The van der Waals surface area contributed by atoms with Gasteiger partial charge in [-0.25, -0.2) is 4.79 Å². The number of likely N-dealkylation sites (tertiary alicyclic amines) is 1. The van der Waals surface area contributed by atoms with Crippen molar-refractivity contribution in [1.82, 2.24) is 4.90 Å². The molecule has 1 aliphatic carbocycles. The lowest BCUT2D eigenvalue weighted by Crippen LogP contribution is -2.53. The average molecular weight is 241 g/mol. The van der Waals surface area contributed by atoms with Crippen molar-refractivity contribution in [3.05, 3.63) is 0 Å². The molecule has 1 spiro atoms. The lowest BCUT2D eigenvalue weighted by molar-refractivity contribution is -0.00981. The van der Waals surface area contributed by atoms with Crippen molar-refractivity contribution in [3.63, 3.8) is 0 Å². The normalized spacial score (nSPS) is 27.1. The summed E-state index contributed by atoms with van der Waals surface area (Å²) in [6.45, 7) is 6.47. The summed E-state index contributed by atoms with van der Waals surface area (Å²) in [6, 6.07) is 0. The van der Waals surface area contributed by atoms with Crippen LogP contribution < -0.4 is 0 Å². The Morgan fingerprint density at radius 3 is 2.53 bits per heavy atom. The molecule has 1 aliphatic heterocycles. The summed E-state index contributed by atoms with van der Waals surface area (Å²) in [7, 11) is 0. The van der Waals surface area contributed by atoms with Gasteiger partial charge in [0.15, 0.2) is 0 Å². The summed E-state index contributed by atoms with van der Waals surface area (Å²) < 4.78 is 5.45. The second kappa shape index (κ2) is 4.16. The number of carbonyl (C=O) groups excluding carboxylic acids is 1. The van der Waals surface area contributed by atoms with Gasteiger partial charge in [-0.05, 0) is 46.5 Å². The van der Waals surface area contributed by atoms with E-state index in [1.165, 1.54) is 6.42 Å². The molecular formula is C13H23NO3. The van der Waals surface area contributed by atoms with Gasteiger partial charge < -0.3 is 14.7 Å². The quantitative estimate of drug-likeness (QED) is 0.765. The van der Waals surface area contributed by atoms with E-state index in [1.807, 2.05) is 25.7 Å². The van der Waals surface area contributed by atoms with Crippen LogP contribution in [0.5, 0.6) is 0 Å². The molecule has 0 aromatic carbocycles. The summed E-state index contributed by atoms with van der Waals surface area (Å²) in [5.74, 6) is 0.225. The summed E-state index contributed by atoms with van der Waals surface area (Å²) in [5, 5.41) is 9.27. The molecule has 0 aromatic heterocycles. The van der Waals surface area contributed by atoms with E-state index in [-0.39, 0.29) is 24.2 Å². The fraction of sp³-hybridized carbons (Fsp3) is 0.923. The van der Waals surface area contributed by atoms with Gasteiger partial charge in [0.1, 0.15) is 5.60 Å². The number of hydrogen-bond acceptors (Lipinski definition) is 3. The Kier molecular flexibility index (Phi) is 3.10. The molecule has 4 heteroatoms. The Hall–Kier alpha value is -0.770. The molecule has 1 amide bonds. The number of aliphatic hydroxyl groups is 1. The lowest BCUT2D eigenvalue weighted by Gasteiger charge is -2.45. The van der Waals surface area contributed by atoms with E-state index in [9.17, 15) is 9.90 Å². The van der Waals surface area contributed by atoms with Crippen LogP contribution in [0, 0.1) is 5.92 Å². The monoisotopic (exact) mass is 241 g/mol. The minimum Gasteiger partial charge on any atom is -0.444 e. The number of carbonyl (C=O) groups is 1. The van der Waals surface area contributed by atoms with E-state index in [1.54, 1.807) is 0 Å². The standard InChI is InChI=1S/C13H23NO3/c1-12(2,3)17-11(16)14-8-10(9-15)7-13(14)5-4-6-13/h10,15H,4-9H2,1-3H3. The van der Waals surface area contributed by atoms with Gasteiger partial charge in [0.05, 0.1) is 0 Å². The van der Waals surface area contributed by atoms with Crippen molar-refractivity contribution in [1.29, 1.82) is 0 Å². The number of rotatable bonds is 1. The number of nitrogens with zero attached hydrogens (tertiary/aromatic N) is 1. The first-order valence-corrected chi connectivity index (χ1v) is 6.48. The molecule has 1 saturated carbocycles. The van der Waals surface area contributed by atoms with Gasteiger partial charge in [-0.1, -0.05) is 0 Å². The summed E-state index contributed by atoms with van der Waals surface area (Å²) in [4.78, 5) is 14.0. The maximum atomic E-state index is 12.2. The first-order valence-electron chi connectivity index (χ1n) is 6.48. The molecule has 0 aromatic rings. The molecule has 1 unspecified atom stereocenters. The highest BCUT2D eigenvalue weighted by molar-refractivity contribution is 5.70. The number of aliphatic hydroxyl groups excluding tert-OH is 1. The molecule has 0 radical (unpaired) electrons. The maximum Gasteiger partial charge on any atom is 0.410 e. The fourth-order valence-electron chi connectivity index (χ4n) is 2.93. The molecule has 4 nitrogen and oxygen atoms in total. The van der Waals surface area contributed by atoms with Gasteiger partial charge in [0.25, 0.3) is 0 Å². The molecule has 1 heterocycles. The predicted octanol–water partition coefficient (Wildman–Crippen LogP) is 2.16. The van der Waals surface area contributed by atoms with E-state index < -0.39 is 5.60 Å². The summed E-state index contributed by atoms with van der Waals surface area (Å²) >= 11 is 0. The van der Waals surface area contributed by atoms with E-state index >= 15 is 0 Å². The molecule has 17 heavy (non-hydrogen) atoms. The number of ether oxygens (including phenoxy) is 1. The zero-order valence-electron chi connectivity index (χ0n) is 11.0. The van der Waals surface area contributed by atoms with Crippen LogP contribution in [0.3, 0.4) is 0 Å². The Morgan fingerprint density at radius 2 is 2.12 bits per heavy atom. The molecule has 2 aliphatic rings. The fourth-order valence-corrected chi connectivity index (χ4v) is 2.93. The lowest BCUT2D eigenvalue weighted by atomic mass is 9.74. The van der Waals surface area contributed by atoms with Crippen molar-refractivity contribution >= 4 is 6.09 Å². The zero-order valence-corrected chi connectivity index (χ0v) is 11.0. The van der Waals surface area contributed by atoms with Crippen LogP contribution in [-0.4, -0.2) is 40.4 Å². The summed E-state index contributed by atoms with van der Waals surface area (Å²) in [5.41, 5.74) is -0.449. The van der Waals surface area contributed by atoms with Crippen LogP contribution in [0.15, 0.2) is 0 Å². The van der Waals surface area contributed by atoms with Crippen molar-refractivity contribution in [3.8, 4) is 0 Å². The van der Waals surface area contributed by atoms with E-state index in [4.69, 9.17) is 4.74 Å².